The molecule has 1 aliphatic heterocycles. The Morgan fingerprint density at radius 2 is 2.12 bits per heavy atom. The largest absolute Gasteiger partial charge is 0.271 e. The zero-order chi connectivity index (χ0) is 11.9. The minimum atomic E-state index is 0.709. The third-order valence-corrected chi connectivity index (χ3v) is 3.02. The summed E-state index contributed by atoms with van der Waals surface area (Å²) in [6.07, 6.45) is 6.34. The standard InChI is InChI=1S/C13H16ClN3/c14-12-7-4-3-6-11(12)10-16-17-13-8-2-1-5-9-15-13/h3-4,6-7,10H,1-2,5,8-9H2,(H,15,17)/b16-10+. The molecule has 1 N–H and O–H groups in total. The fraction of sp³-hybridized carbons (Fsp3) is 0.385. The lowest BCUT2D eigenvalue weighted by Crippen LogP contribution is -2.17. The Labute approximate surface area is 107 Å². The molecule has 0 atom stereocenters. The predicted molar refractivity (Wildman–Crippen MR) is 73.0 cm³/mol. The lowest BCUT2D eigenvalue weighted by molar-refractivity contribution is 0.729. The van der Waals surface area contributed by atoms with Gasteiger partial charge in [-0.05, 0) is 18.9 Å². The second-order valence-corrected chi connectivity index (χ2v) is 4.44. The number of amidine groups is 1. The number of rotatable bonds is 2. The van der Waals surface area contributed by atoms with Crippen molar-refractivity contribution in [3.05, 3.63) is 34.9 Å². The summed E-state index contributed by atoms with van der Waals surface area (Å²) in [6, 6.07) is 7.63. The second-order valence-electron chi connectivity index (χ2n) is 4.03. The molecule has 2 rings (SSSR count). The van der Waals surface area contributed by atoms with Gasteiger partial charge in [-0.1, -0.05) is 36.2 Å². The average Bonchev–Trinajstić information content (AvgIpc) is 2.60. The highest BCUT2D eigenvalue weighted by atomic mass is 35.5. The molecule has 0 radical (unpaired) electrons. The van der Waals surface area contributed by atoms with Gasteiger partial charge in [0, 0.05) is 23.6 Å². The molecule has 0 bridgehead atoms. The minimum Gasteiger partial charge on any atom is -0.271 e. The van der Waals surface area contributed by atoms with Gasteiger partial charge in [0.15, 0.2) is 0 Å². The van der Waals surface area contributed by atoms with Gasteiger partial charge in [0.25, 0.3) is 0 Å². The molecular weight excluding hydrogens is 234 g/mol. The zero-order valence-corrected chi connectivity index (χ0v) is 10.5. The maximum atomic E-state index is 6.02. The normalized spacial score (nSPS) is 16.6. The van der Waals surface area contributed by atoms with Crippen molar-refractivity contribution in [2.24, 2.45) is 10.1 Å². The summed E-state index contributed by atoms with van der Waals surface area (Å²) < 4.78 is 0. The molecule has 90 valence electrons. The van der Waals surface area contributed by atoms with Crippen LogP contribution in [0.4, 0.5) is 0 Å². The van der Waals surface area contributed by atoms with Crippen LogP contribution < -0.4 is 5.43 Å². The van der Waals surface area contributed by atoms with Crippen molar-refractivity contribution < 1.29 is 0 Å². The highest BCUT2D eigenvalue weighted by Gasteiger charge is 2.02. The summed E-state index contributed by atoms with van der Waals surface area (Å²) >= 11 is 6.02. The van der Waals surface area contributed by atoms with Crippen LogP contribution in [0.15, 0.2) is 34.4 Å². The molecule has 0 saturated carbocycles. The summed E-state index contributed by atoms with van der Waals surface area (Å²) in [5.41, 5.74) is 3.91. The van der Waals surface area contributed by atoms with Gasteiger partial charge < -0.3 is 0 Å². The molecule has 17 heavy (non-hydrogen) atoms. The van der Waals surface area contributed by atoms with E-state index in [9.17, 15) is 0 Å². The summed E-state index contributed by atoms with van der Waals surface area (Å²) in [5.74, 6) is 0.978. The van der Waals surface area contributed by atoms with Crippen molar-refractivity contribution in [3.63, 3.8) is 0 Å². The molecule has 0 amide bonds. The fourth-order valence-electron chi connectivity index (χ4n) is 1.72. The monoisotopic (exact) mass is 249 g/mol. The van der Waals surface area contributed by atoms with E-state index in [-0.39, 0.29) is 0 Å². The molecule has 4 heteroatoms. The van der Waals surface area contributed by atoms with Gasteiger partial charge in [-0.25, -0.2) is 0 Å². The van der Waals surface area contributed by atoms with Crippen LogP contribution in [0.25, 0.3) is 0 Å². The van der Waals surface area contributed by atoms with E-state index in [2.05, 4.69) is 15.5 Å². The zero-order valence-electron chi connectivity index (χ0n) is 9.69. The van der Waals surface area contributed by atoms with E-state index < -0.39 is 0 Å². The number of aliphatic imine (C=N–C) groups is 1. The number of hydrogen-bond donors (Lipinski definition) is 1. The Kier molecular flexibility index (Phi) is 4.56. The van der Waals surface area contributed by atoms with Gasteiger partial charge >= 0.3 is 0 Å². The van der Waals surface area contributed by atoms with Gasteiger partial charge in [-0.2, -0.15) is 5.10 Å². The first-order valence-corrected chi connectivity index (χ1v) is 6.31. The van der Waals surface area contributed by atoms with Crippen LogP contribution in [0, 0.1) is 0 Å². The second kappa shape index (κ2) is 6.40. The Balaban J connectivity index is 1.93. The highest BCUT2D eigenvalue weighted by molar-refractivity contribution is 6.33. The van der Waals surface area contributed by atoms with Crippen molar-refractivity contribution in [1.29, 1.82) is 0 Å². The molecule has 0 aromatic heterocycles. The Morgan fingerprint density at radius 1 is 1.24 bits per heavy atom. The highest BCUT2D eigenvalue weighted by Crippen LogP contribution is 2.12. The van der Waals surface area contributed by atoms with Crippen LogP contribution in [-0.2, 0) is 0 Å². The molecule has 0 aliphatic carbocycles. The molecule has 1 aromatic rings. The molecule has 1 aromatic carbocycles. The van der Waals surface area contributed by atoms with Crippen molar-refractivity contribution >= 4 is 23.7 Å². The van der Waals surface area contributed by atoms with Gasteiger partial charge in [-0.3, -0.25) is 10.4 Å². The topological polar surface area (TPSA) is 36.8 Å². The Morgan fingerprint density at radius 3 is 3.00 bits per heavy atom. The summed E-state index contributed by atoms with van der Waals surface area (Å²) in [7, 11) is 0. The Hall–Kier alpha value is -1.35. The summed E-state index contributed by atoms with van der Waals surface area (Å²) in [6.45, 7) is 0.907. The maximum Gasteiger partial charge on any atom is 0.117 e. The smallest absolute Gasteiger partial charge is 0.117 e. The molecule has 1 heterocycles. The van der Waals surface area contributed by atoms with Gasteiger partial charge in [0.2, 0.25) is 0 Å². The third-order valence-electron chi connectivity index (χ3n) is 2.68. The quantitative estimate of drug-likeness (QED) is 0.634. The first-order valence-electron chi connectivity index (χ1n) is 5.93. The predicted octanol–water partition coefficient (Wildman–Crippen LogP) is 3.24. The van der Waals surface area contributed by atoms with E-state index in [1.54, 1.807) is 6.21 Å². The number of hydrazone groups is 1. The first-order chi connectivity index (χ1) is 8.36. The van der Waals surface area contributed by atoms with E-state index in [0.29, 0.717) is 5.02 Å². The third kappa shape index (κ3) is 3.86. The number of nitrogens with one attached hydrogen (secondary N) is 1. The van der Waals surface area contributed by atoms with Gasteiger partial charge in [-0.15, -0.1) is 0 Å². The van der Waals surface area contributed by atoms with Crippen molar-refractivity contribution in [1.82, 2.24) is 5.43 Å². The van der Waals surface area contributed by atoms with Crippen LogP contribution in [0.2, 0.25) is 5.02 Å². The number of nitrogens with zero attached hydrogens (tertiary/aromatic N) is 2. The molecule has 1 aliphatic rings. The SMILES string of the molecule is Clc1ccccc1/C=N/NC1=NCCCCC1. The van der Waals surface area contributed by atoms with Crippen molar-refractivity contribution in [3.8, 4) is 0 Å². The maximum absolute atomic E-state index is 6.02. The van der Waals surface area contributed by atoms with E-state index in [4.69, 9.17) is 11.6 Å². The van der Waals surface area contributed by atoms with Crippen LogP contribution in [0.1, 0.15) is 31.2 Å². The minimum absolute atomic E-state index is 0.709. The number of hydrogen-bond acceptors (Lipinski definition) is 3. The van der Waals surface area contributed by atoms with E-state index in [1.165, 1.54) is 19.3 Å². The van der Waals surface area contributed by atoms with Gasteiger partial charge in [0.1, 0.15) is 5.84 Å². The summed E-state index contributed by atoms with van der Waals surface area (Å²) in [5, 5.41) is 4.89. The van der Waals surface area contributed by atoms with Crippen LogP contribution >= 0.6 is 11.6 Å². The van der Waals surface area contributed by atoms with E-state index >= 15 is 0 Å². The van der Waals surface area contributed by atoms with Gasteiger partial charge in [0.05, 0.1) is 6.21 Å². The molecule has 0 spiro atoms. The van der Waals surface area contributed by atoms with Crippen molar-refractivity contribution in [2.45, 2.75) is 25.7 Å². The van der Waals surface area contributed by atoms with Crippen LogP contribution in [-0.4, -0.2) is 18.6 Å². The molecular formula is C13H16ClN3. The summed E-state index contributed by atoms with van der Waals surface area (Å²) in [4.78, 5) is 4.44. The molecule has 0 fully saturated rings. The number of halogens is 1. The van der Waals surface area contributed by atoms with Crippen molar-refractivity contribution in [2.75, 3.05) is 6.54 Å². The molecule has 0 unspecified atom stereocenters. The van der Waals surface area contributed by atoms with E-state index in [0.717, 1.165) is 24.4 Å². The van der Waals surface area contributed by atoms with Crippen LogP contribution in [0.3, 0.4) is 0 Å². The first kappa shape index (κ1) is 12.1. The Bertz CT molecular complexity index is 426. The molecule has 3 nitrogen and oxygen atoms in total. The van der Waals surface area contributed by atoms with E-state index in [1.807, 2.05) is 24.3 Å². The lowest BCUT2D eigenvalue weighted by atomic mass is 10.2. The fourth-order valence-corrected chi connectivity index (χ4v) is 1.91. The lowest BCUT2D eigenvalue weighted by Gasteiger charge is -2.02. The van der Waals surface area contributed by atoms with Crippen LogP contribution in [0.5, 0.6) is 0 Å². The average molecular weight is 250 g/mol. The number of benzene rings is 1. The molecule has 0 saturated heterocycles.